The molecule has 1 aliphatic heterocycles. The van der Waals surface area contributed by atoms with Crippen LogP contribution in [0.15, 0.2) is 35.3 Å². The maximum absolute atomic E-state index is 5.94. The molecule has 1 aliphatic rings. The third-order valence-electron chi connectivity index (χ3n) is 1.83. The normalized spacial score (nSPS) is 19.7. The van der Waals surface area contributed by atoms with E-state index in [2.05, 4.69) is 4.99 Å². The minimum Gasteiger partial charge on any atom is -0.282 e. The zero-order chi connectivity index (χ0) is 8.60. The second-order valence-electron chi connectivity index (χ2n) is 2.74. The first-order valence-corrected chi connectivity index (χ1v) is 4.44. The summed E-state index contributed by atoms with van der Waals surface area (Å²) < 4.78 is -0.763. The SMILES string of the molecule is ClC1(Cl)CN=C1c1ccccc1. The summed E-state index contributed by atoms with van der Waals surface area (Å²) in [7, 11) is 0. The summed E-state index contributed by atoms with van der Waals surface area (Å²) in [6, 6.07) is 9.75. The van der Waals surface area contributed by atoms with E-state index in [0.717, 1.165) is 11.3 Å². The Bertz CT molecular complexity index is 317. The molecule has 1 aromatic carbocycles. The molecule has 62 valence electrons. The van der Waals surface area contributed by atoms with E-state index in [1.807, 2.05) is 30.3 Å². The molecule has 3 heteroatoms. The van der Waals surface area contributed by atoms with Crippen LogP contribution < -0.4 is 0 Å². The lowest BCUT2D eigenvalue weighted by Gasteiger charge is -2.28. The summed E-state index contributed by atoms with van der Waals surface area (Å²) in [6.45, 7) is 0.500. The maximum atomic E-state index is 5.94. The van der Waals surface area contributed by atoms with Crippen LogP contribution in [0.5, 0.6) is 0 Å². The Kier molecular flexibility index (Phi) is 1.85. The van der Waals surface area contributed by atoms with E-state index in [0.29, 0.717) is 6.54 Å². The largest absolute Gasteiger partial charge is 0.282 e. The van der Waals surface area contributed by atoms with E-state index < -0.39 is 4.33 Å². The first kappa shape index (κ1) is 8.09. The van der Waals surface area contributed by atoms with Crippen LogP contribution in [0.4, 0.5) is 0 Å². The van der Waals surface area contributed by atoms with Gasteiger partial charge in [0.2, 0.25) is 0 Å². The average molecular weight is 200 g/mol. The Morgan fingerprint density at radius 2 is 1.83 bits per heavy atom. The second-order valence-corrected chi connectivity index (χ2v) is 4.22. The van der Waals surface area contributed by atoms with Gasteiger partial charge in [0.15, 0.2) is 4.33 Å². The van der Waals surface area contributed by atoms with Gasteiger partial charge in [0.1, 0.15) is 0 Å². The van der Waals surface area contributed by atoms with Crippen LogP contribution in [0.25, 0.3) is 0 Å². The minimum atomic E-state index is -0.763. The number of alkyl halides is 2. The van der Waals surface area contributed by atoms with Gasteiger partial charge >= 0.3 is 0 Å². The van der Waals surface area contributed by atoms with Gasteiger partial charge in [0.05, 0.1) is 12.3 Å². The Labute approximate surface area is 81.0 Å². The zero-order valence-corrected chi connectivity index (χ0v) is 7.81. The molecule has 12 heavy (non-hydrogen) atoms. The molecule has 0 aliphatic carbocycles. The highest BCUT2D eigenvalue weighted by atomic mass is 35.5. The summed E-state index contributed by atoms with van der Waals surface area (Å²) >= 11 is 11.9. The lowest BCUT2D eigenvalue weighted by Crippen LogP contribution is -2.39. The van der Waals surface area contributed by atoms with Gasteiger partial charge in [0, 0.05) is 0 Å². The first-order chi connectivity index (χ1) is 5.70. The van der Waals surface area contributed by atoms with Gasteiger partial charge in [-0.25, -0.2) is 0 Å². The number of halogens is 2. The molecule has 0 fully saturated rings. The second kappa shape index (κ2) is 2.75. The number of hydrogen-bond donors (Lipinski definition) is 0. The molecule has 0 atom stereocenters. The van der Waals surface area contributed by atoms with E-state index in [1.54, 1.807) is 0 Å². The highest BCUT2D eigenvalue weighted by Gasteiger charge is 2.38. The number of aliphatic imine (C=N–C) groups is 1. The minimum absolute atomic E-state index is 0.500. The highest BCUT2D eigenvalue weighted by molar-refractivity contribution is 6.62. The smallest absolute Gasteiger partial charge is 0.179 e. The van der Waals surface area contributed by atoms with Gasteiger partial charge in [-0.2, -0.15) is 0 Å². The van der Waals surface area contributed by atoms with Crippen LogP contribution in [-0.4, -0.2) is 16.6 Å². The summed E-state index contributed by atoms with van der Waals surface area (Å²) in [5.41, 5.74) is 1.79. The van der Waals surface area contributed by atoms with Crippen molar-refractivity contribution >= 4 is 28.9 Å². The van der Waals surface area contributed by atoms with Crippen molar-refractivity contribution in [1.82, 2.24) is 0 Å². The molecule has 2 rings (SSSR count). The molecule has 0 bridgehead atoms. The van der Waals surface area contributed by atoms with Crippen molar-refractivity contribution in [2.75, 3.05) is 6.54 Å². The van der Waals surface area contributed by atoms with E-state index in [-0.39, 0.29) is 0 Å². The molecule has 0 amide bonds. The van der Waals surface area contributed by atoms with Crippen LogP contribution in [0.3, 0.4) is 0 Å². The van der Waals surface area contributed by atoms with Crippen LogP contribution in [0.1, 0.15) is 5.56 Å². The molecule has 0 radical (unpaired) electrons. The van der Waals surface area contributed by atoms with Crippen molar-refractivity contribution in [3.05, 3.63) is 35.9 Å². The Balaban J connectivity index is 2.35. The Morgan fingerprint density at radius 3 is 2.25 bits per heavy atom. The Morgan fingerprint density at radius 1 is 1.17 bits per heavy atom. The average Bonchev–Trinajstić information content (AvgIpc) is 2.05. The third-order valence-corrected chi connectivity index (χ3v) is 2.43. The van der Waals surface area contributed by atoms with Gasteiger partial charge in [-0.3, -0.25) is 4.99 Å². The maximum Gasteiger partial charge on any atom is 0.179 e. The van der Waals surface area contributed by atoms with Crippen molar-refractivity contribution in [3.8, 4) is 0 Å². The molecule has 1 heterocycles. The van der Waals surface area contributed by atoms with E-state index in [1.165, 1.54) is 0 Å². The molecule has 1 nitrogen and oxygen atoms in total. The fraction of sp³-hybridized carbons (Fsp3) is 0.222. The van der Waals surface area contributed by atoms with Gasteiger partial charge < -0.3 is 0 Å². The van der Waals surface area contributed by atoms with E-state index in [4.69, 9.17) is 23.2 Å². The van der Waals surface area contributed by atoms with Gasteiger partial charge in [0.25, 0.3) is 0 Å². The van der Waals surface area contributed by atoms with E-state index in [9.17, 15) is 0 Å². The fourth-order valence-corrected chi connectivity index (χ4v) is 1.63. The van der Waals surface area contributed by atoms with Crippen molar-refractivity contribution < 1.29 is 0 Å². The van der Waals surface area contributed by atoms with Crippen molar-refractivity contribution in [2.24, 2.45) is 4.99 Å². The summed E-state index contributed by atoms with van der Waals surface area (Å²) in [4.78, 5) is 4.14. The third kappa shape index (κ3) is 1.23. The topological polar surface area (TPSA) is 12.4 Å². The first-order valence-electron chi connectivity index (χ1n) is 3.68. The molecule has 0 saturated carbocycles. The molecule has 0 saturated heterocycles. The highest BCUT2D eigenvalue weighted by Crippen LogP contribution is 2.33. The quantitative estimate of drug-likeness (QED) is 0.618. The standard InChI is InChI=1S/C9H7Cl2N/c10-9(11)6-12-8(9)7-4-2-1-3-5-7/h1-5H,6H2. The van der Waals surface area contributed by atoms with Crippen LogP contribution in [0, 0.1) is 0 Å². The summed E-state index contributed by atoms with van der Waals surface area (Å²) in [6.07, 6.45) is 0. The summed E-state index contributed by atoms with van der Waals surface area (Å²) in [5, 5.41) is 0. The number of nitrogens with zero attached hydrogens (tertiary/aromatic N) is 1. The van der Waals surface area contributed by atoms with Crippen molar-refractivity contribution in [3.63, 3.8) is 0 Å². The van der Waals surface area contributed by atoms with Crippen molar-refractivity contribution in [1.29, 1.82) is 0 Å². The van der Waals surface area contributed by atoms with Gasteiger partial charge in [-0.05, 0) is 5.56 Å². The lowest BCUT2D eigenvalue weighted by molar-refractivity contribution is 0.892. The fourth-order valence-electron chi connectivity index (χ4n) is 1.18. The Hall–Kier alpha value is -0.530. The predicted octanol–water partition coefficient (Wildman–Crippen LogP) is 2.66. The molecular formula is C9H7Cl2N. The number of hydrogen-bond acceptors (Lipinski definition) is 1. The number of benzene rings is 1. The van der Waals surface area contributed by atoms with Gasteiger partial charge in [-0.1, -0.05) is 53.5 Å². The van der Waals surface area contributed by atoms with E-state index >= 15 is 0 Å². The van der Waals surface area contributed by atoms with Crippen LogP contribution in [-0.2, 0) is 0 Å². The molecular weight excluding hydrogens is 193 g/mol. The monoisotopic (exact) mass is 199 g/mol. The van der Waals surface area contributed by atoms with Crippen LogP contribution in [0.2, 0.25) is 0 Å². The molecule has 0 unspecified atom stereocenters. The summed E-state index contributed by atoms with van der Waals surface area (Å²) in [5.74, 6) is 0. The molecule has 0 spiro atoms. The molecule has 0 N–H and O–H groups in total. The van der Waals surface area contributed by atoms with Gasteiger partial charge in [-0.15, -0.1) is 0 Å². The number of rotatable bonds is 1. The van der Waals surface area contributed by atoms with Crippen LogP contribution >= 0.6 is 23.2 Å². The van der Waals surface area contributed by atoms with Crippen molar-refractivity contribution in [2.45, 2.75) is 4.33 Å². The molecule has 1 aromatic rings. The predicted molar refractivity (Wildman–Crippen MR) is 52.3 cm³/mol. The molecule has 0 aromatic heterocycles. The lowest BCUT2D eigenvalue weighted by atomic mass is 10.0. The zero-order valence-electron chi connectivity index (χ0n) is 6.30.